The average Bonchev–Trinajstić information content (AvgIpc) is 2.05. The van der Waals surface area contributed by atoms with Gasteiger partial charge in [-0.3, -0.25) is 0 Å². The SMILES string of the molecule is CC(O)CC(S)c1ccccc1. The molecule has 0 heterocycles. The van der Waals surface area contributed by atoms with Crippen LogP contribution in [0, 0.1) is 0 Å². The molecule has 2 atom stereocenters. The third kappa shape index (κ3) is 2.88. The molecule has 1 rings (SSSR count). The van der Waals surface area contributed by atoms with Gasteiger partial charge in [0.2, 0.25) is 0 Å². The second-order valence-electron chi connectivity index (χ2n) is 3.01. The smallest absolute Gasteiger partial charge is 0.0525 e. The van der Waals surface area contributed by atoms with Gasteiger partial charge in [0.15, 0.2) is 0 Å². The maximum atomic E-state index is 9.14. The average molecular weight is 182 g/mol. The Kier molecular flexibility index (Phi) is 3.63. The second kappa shape index (κ2) is 4.53. The summed E-state index contributed by atoms with van der Waals surface area (Å²) >= 11 is 4.40. The molecule has 0 aliphatic heterocycles. The summed E-state index contributed by atoms with van der Waals surface area (Å²) in [6, 6.07) is 10.0. The molecular weight excluding hydrogens is 168 g/mol. The van der Waals surface area contributed by atoms with E-state index in [1.54, 1.807) is 6.92 Å². The Morgan fingerprint density at radius 3 is 2.42 bits per heavy atom. The van der Waals surface area contributed by atoms with Crippen molar-refractivity contribution in [1.82, 2.24) is 0 Å². The molecule has 0 amide bonds. The van der Waals surface area contributed by atoms with Gasteiger partial charge in [0.25, 0.3) is 0 Å². The van der Waals surface area contributed by atoms with Crippen molar-refractivity contribution in [2.45, 2.75) is 24.7 Å². The van der Waals surface area contributed by atoms with Crippen LogP contribution in [0.15, 0.2) is 30.3 Å². The van der Waals surface area contributed by atoms with Gasteiger partial charge in [-0.15, -0.1) is 0 Å². The number of benzene rings is 1. The van der Waals surface area contributed by atoms with Crippen LogP contribution in [0.4, 0.5) is 0 Å². The van der Waals surface area contributed by atoms with Crippen molar-refractivity contribution in [3.63, 3.8) is 0 Å². The molecule has 1 aromatic rings. The van der Waals surface area contributed by atoms with Crippen LogP contribution in [-0.2, 0) is 0 Å². The molecule has 12 heavy (non-hydrogen) atoms. The lowest BCUT2D eigenvalue weighted by Gasteiger charge is -2.12. The molecule has 66 valence electrons. The summed E-state index contributed by atoms with van der Waals surface area (Å²) in [5.74, 6) is 0. The van der Waals surface area contributed by atoms with Crippen LogP contribution in [0.3, 0.4) is 0 Å². The van der Waals surface area contributed by atoms with Crippen molar-refractivity contribution < 1.29 is 5.11 Å². The standard InChI is InChI=1S/C10H14OS/c1-8(11)7-10(12)9-5-3-2-4-6-9/h2-6,8,10-12H,7H2,1H3. The Balaban J connectivity index is 2.59. The van der Waals surface area contributed by atoms with Gasteiger partial charge in [-0.1, -0.05) is 30.3 Å². The van der Waals surface area contributed by atoms with Crippen LogP contribution < -0.4 is 0 Å². The van der Waals surface area contributed by atoms with Crippen molar-refractivity contribution >= 4 is 12.6 Å². The molecule has 0 aliphatic carbocycles. The predicted molar refractivity (Wildman–Crippen MR) is 54.5 cm³/mol. The summed E-state index contributed by atoms with van der Waals surface area (Å²) in [6.07, 6.45) is 0.417. The number of aliphatic hydroxyl groups excluding tert-OH is 1. The summed E-state index contributed by atoms with van der Waals surface area (Å²) in [5.41, 5.74) is 1.17. The molecule has 0 aliphatic rings. The minimum atomic E-state index is -0.285. The lowest BCUT2D eigenvalue weighted by Crippen LogP contribution is -2.03. The molecule has 0 bridgehead atoms. The van der Waals surface area contributed by atoms with Crippen molar-refractivity contribution in [1.29, 1.82) is 0 Å². The number of aliphatic hydroxyl groups is 1. The molecule has 1 aromatic carbocycles. The summed E-state index contributed by atoms with van der Waals surface area (Å²) in [4.78, 5) is 0. The van der Waals surface area contributed by atoms with E-state index in [0.29, 0.717) is 6.42 Å². The first-order valence-corrected chi connectivity index (χ1v) is 4.63. The summed E-state index contributed by atoms with van der Waals surface area (Å²) < 4.78 is 0. The minimum Gasteiger partial charge on any atom is -0.393 e. The normalized spacial score (nSPS) is 15.6. The van der Waals surface area contributed by atoms with Crippen LogP contribution in [-0.4, -0.2) is 11.2 Å². The van der Waals surface area contributed by atoms with Crippen LogP contribution in [0.2, 0.25) is 0 Å². The quantitative estimate of drug-likeness (QED) is 0.688. The molecule has 0 radical (unpaired) electrons. The zero-order valence-electron chi connectivity index (χ0n) is 7.14. The molecule has 2 heteroatoms. The summed E-state index contributed by atoms with van der Waals surface area (Å²) in [5, 5.41) is 9.28. The van der Waals surface area contributed by atoms with E-state index in [9.17, 15) is 0 Å². The van der Waals surface area contributed by atoms with E-state index in [1.165, 1.54) is 5.56 Å². The molecule has 2 unspecified atom stereocenters. The van der Waals surface area contributed by atoms with E-state index in [2.05, 4.69) is 12.6 Å². The van der Waals surface area contributed by atoms with Crippen LogP contribution in [0.25, 0.3) is 0 Å². The van der Waals surface area contributed by atoms with Crippen LogP contribution in [0.5, 0.6) is 0 Å². The highest BCUT2D eigenvalue weighted by atomic mass is 32.1. The van der Waals surface area contributed by atoms with Gasteiger partial charge in [0.1, 0.15) is 0 Å². The Bertz CT molecular complexity index is 221. The maximum absolute atomic E-state index is 9.14. The third-order valence-electron chi connectivity index (χ3n) is 1.75. The molecule has 0 saturated heterocycles. The Hall–Kier alpha value is -0.470. The van der Waals surface area contributed by atoms with Crippen molar-refractivity contribution in [2.75, 3.05) is 0 Å². The lowest BCUT2D eigenvalue weighted by atomic mass is 10.1. The van der Waals surface area contributed by atoms with Gasteiger partial charge in [-0.2, -0.15) is 12.6 Å². The first kappa shape index (κ1) is 9.62. The molecule has 1 N–H and O–H groups in total. The first-order valence-electron chi connectivity index (χ1n) is 4.11. The Morgan fingerprint density at radius 2 is 1.92 bits per heavy atom. The fourth-order valence-electron chi connectivity index (χ4n) is 1.13. The van der Waals surface area contributed by atoms with Gasteiger partial charge in [0.05, 0.1) is 6.10 Å². The van der Waals surface area contributed by atoms with Gasteiger partial charge in [-0.05, 0) is 18.9 Å². The number of hydrogen-bond donors (Lipinski definition) is 2. The van der Waals surface area contributed by atoms with Crippen LogP contribution >= 0.6 is 12.6 Å². The van der Waals surface area contributed by atoms with Crippen molar-refractivity contribution in [3.05, 3.63) is 35.9 Å². The highest BCUT2D eigenvalue weighted by Crippen LogP contribution is 2.24. The van der Waals surface area contributed by atoms with E-state index < -0.39 is 0 Å². The van der Waals surface area contributed by atoms with Gasteiger partial charge >= 0.3 is 0 Å². The summed E-state index contributed by atoms with van der Waals surface area (Å²) in [6.45, 7) is 1.78. The number of thiol groups is 1. The molecule has 0 saturated carbocycles. The highest BCUT2D eigenvalue weighted by Gasteiger charge is 2.08. The zero-order valence-corrected chi connectivity index (χ0v) is 8.04. The van der Waals surface area contributed by atoms with E-state index in [4.69, 9.17) is 5.11 Å². The topological polar surface area (TPSA) is 20.2 Å². The second-order valence-corrected chi connectivity index (χ2v) is 3.63. The van der Waals surface area contributed by atoms with E-state index >= 15 is 0 Å². The predicted octanol–water partition coefficient (Wildman–Crippen LogP) is 2.43. The van der Waals surface area contributed by atoms with Gasteiger partial charge in [-0.25, -0.2) is 0 Å². The Morgan fingerprint density at radius 1 is 1.33 bits per heavy atom. The molecule has 0 spiro atoms. The third-order valence-corrected chi connectivity index (χ3v) is 2.26. The lowest BCUT2D eigenvalue weighted by molar-refractivity contribution is 0.184. The Labute approximate surface area is 78.8 Å². The van der Waals surface area contributed by atoms with Crippen LogP contribution in [0.1, 0.15) is 24.2 Å². The summed E-state index contributed by atoms with van der Waals surface area (Å²) in [7, 11) is 0. The fraction of sp³-hybridized carbons (Fsp3) is 0.400. The monoisotopic (exact) mass is 182 g/mol. The van der Waals surface area contributed by atoms with E-state index in [0.717, 1.165) is 0 Å². The fourth-order valence-corrected chi connectivity index (χ4v) is 1.61. The molecule has 0 fully saturated rings. The highest BCUT2D eigenvalue weighted by molar-refractivity contribution is 7.80. The number of rotatable bonds is 3. The van der Waals surface area contributed by atoms with E-state index in [-0.39, 0.29) is 11.4 Å². The number of hydrogen-bond acceptors (Lipinski definition) is 2. The van der Waals surface area contributed by atoms with E-state index in [1.807, 2.05) is 30.3 Å². The molecule has 0 aromatic heterocycles. The van der Waals surface area contributed by atoms with Crippen molar-refractivity contribution in [3.8, 4) is 0 Å². The minimum absolute atomic E-state index is 0.145. The van der Waals surface area contributed by atoms with Gasteiger partial charge < -0.3 is 5.11 Å². The van der Waals surface area contributed by atoms with Crippen molar-refractivity contribution in [2.24, 2.45) is 0 Å². The first-order chi connectivity index (χ1) is 5.70. The zero-order chi connectivity index (χ0) is 8.97. The maximum Gasteiger partial charge on any atom is 0.0525 e. The van der Waals surface area contributed by atoms with Gasteiger partial charge in [0, 0.05) is 5.25 Å². The molecule has 1 nitrogen and oxygen atoms in total. The largest absolute Gasteiger partial charge is 0.393 e. The molecular formula is C10H14OS.